The first-order chi connectivity index (χ1) is 8.70. The van der Waals surface area contributed by atoms with Crippen molar-refractivity contribution >= 4 is 11.9 Å². The molecule has 4 heteroatoms. The molecule has 2 bridgehead atoms. The highest BCUT2D eigenvalue weighted by Crippen LogP contribution is 2.49. The third-order valence-electron chi connectivity index (χ3n) is 4.62. The summed E-state index contributed by atoms with van der Waals surface area (Å²) >= 11 is 0. The molecule has 3 rings (SSSR count). The van der Waals surface area contributed by atoms with Gasteiger partial charge in [0.05, 0.1) is 0 Å². The zero-order valence-electron chi connectivity index (χ0n) is 10.7. The highest BCUT2D eigenvalue weighted by Gasteiger charge is 2.40. The molecule has 0 aromatic heterocycles. The number of rotatable bonds is 5. The summed E-state index contributed by atoms with van der Waals surface area (Å²) in [5.74, 6) is 1.76. The standard InChI is InChI=1S/C14H21NO3/c16-13(15-12-3-4-12)8-18-14(17)7-11-6-9-1-2-10(11)5-9/h9-12H,1-8H2,(H,15,16)/t9-,10+,11+/m0/s1. The summed E-state index contributed by atoms with van der Waals surface area (Å²) in [5.41, 5.74) is 0. The van der Waals surface area contributed by atoms with E-state index in [2.05, 4.69) is 5.32 Å². The molecule has 3 saturated carbocycles. The lowest BCUT2D eigenvalue weighted by Gasteiger charge is -2.20. The van der Waals surface area contributed by atoms with E-state index in [-0.39, 0.29) is 18.5 Å². The van der Waals surface area contributed by atoms with Gasteiger partial charge in [-0.3, -0.25) is 9.59 Å². The quantitative estimate of drug-likeness (QED) is 0.756. The first-order valence-electron chi connectivity index (χ1n) is 7.15. The fraction of sp³-hybridized carbons (Fsp3) is 0.857. The van der Waals surface area contributed by atoms with Crippen LogP contribution < -0.4 is 5.32 Å². The fourth-order valence-corrected chi connectivity index (χ4v) is 3.54. The Hall–Kier alpha value is -1.06. The molecule has 0 aromatic rings. The predicted molar refractivity (Wildman–Crippen MR) is 65.7 cm³/mol. The van der Waals surface area contributed by atoms with Crippen LogP contribution >= 0.6 is 0 Å². The number of esters is 1. The molecule has 3 atom stereocenters. The number of amides is 1. The van der Waals surface area contributed by atoms with E-state index in [0.717, 1.165) is 24.7 Å². The van der Waals surface area contributed by atoms with Crippen LogP contribution in [-0.4, -0.2) is 24.5 Å². The van der Waals surface area contributed by atoms with Crippen LogP contribution in [0.3, 0.4) is 0 Å². The van der Waals surface area contributed by atoms with E-state index in [1.54, 1.807) is 0 Å². The van der Waals surface area contributed by atoms with Gasteiger partial charge in [-0.15, -0.1) is 0 Å². The second kappa shape index (κ2) is 4.90. The van der Waals surface area contributed by atoms with Crippen LogP contribution in [0.5, 0.6) is 0 Å². The van der Waals surface area contributed by atoms with Crippen LogP contribution in [-0.2, 0) is 14.3 Å². The van der Waals surface area contributed by atoms with E-state index in [1.165, 1.54) is 25.7 Å². The monoisotopic (exact) mass is 251 g/mol. The van der Waals surface area contributed by atoms with Crippen molar-refractivity contribution in [3.05, 3.63) is 0 Å². The molecule has 0 saturated heterocycles. The average molecular weight is 251 g/mol. The minimum Gasteiger partial charge on any atom is -0.456 e. The van der Waals surface area contributed by atoms with Crippen molar-refractivity contribution in [2.75, 3.05) is 6.61 Å². The Balaban J connectivity index is 1.35. The predicted octanol–water partition coefficient (Wildman–Crippen LogP) is 1.63. The first-order valence-corrected chi connectivity index (χ1v) is 7.15. The van der Waals surface area contributed by atoms with Gasteiger partial charge in [0.2, 0.25) is 0 Å². The van der Waals surface area contributed by atoms with Crippen molar-refractivity contribution in [2.24, 2.45) is 17.8 Å². The van der Waals surface area contributed by atoms with Crippen LogP contribution in [0.25, 0.3) is 0 Å². The summed E-state index contributed by atoms with van der Waals surface area (Å²) in [6.45, 7) is -0.101. The van der Waals surface area contributed by atoms with E-state index in [4.69, 9.17) is 4.74 Å². The largest absolute Gasteiger partial charge is 0.456 e. The van der Waals surface area contributed by atoms with Crippen molar-refractivity contribution in [3.8, 4) is 0 Å². The Labute approximate surface area is 107 Å². The van der Waals surface area contributed by atoms with Crippen LogP contribution in [0.15, 0.2) is 0 Å². The summed E-state index contributed by atoms with van der Waals surface area (Å²) in [5, 5.41) is 2.81. The molecule has 1 amide bonds. The molecule has 4 nitrogen and oxygen atoms in total. The van der Waals surface area contributed by atoms with Crippen molar-refractivity contribution in [1.82, 2.24) is 5.32 Å². The molecule has 1 N–H and O–H groups in total. The Morgan fingerprint density at radius 1 is 1.11 bits per heavy atom. The maximum Gasteiger partial charge on any atom is 0.306 e. The lowest BCUT2D eigenvalue weighted by atomic mass is 9.86. The van der Waals surface area contributed by atoms with E-state index in [9.17, 15) is 9.59 Å². The van der Waals surface area contributed by atoms with Crippen molar-refractivity contribution in [3.63, 3.8) is 0 Å². The number of nitrogens with one attached hydrogen (secondary N) is 1. The number of hydrogen-bond acceptors (Lipinski definition) is 3. The van der Waals surface area contributed by atoms with E-state index >= 15 is 0 Å². The fourth-order valence-electron chi connectivity index (χ4n) is 3.54. The minimum absolute atomic E-state index is 0.101. The Kier molecular flexibility index (Phi) is 3.27. The van der Waals surface area contributed by atoms with Crippen LogP contribution in [0.1, 0.15) is 44.9 Å². The van der Waals surface area contributed by atoms with E-state index in [0.29, 0.717) is 18.4 Å². The summed E-state index contributed by atoms with van der Waals surface area (Å²) in [6, 6.07) is 0.335. The second-order valence-electron chi connectivity index (χ2n) is 6.14. The third kappa shape index (κ3) is 2.85. The first kappa shape index (κ1) is 12.0. The summed E-state index contributed by atoms with van der Waals surface area (Å²) < 4.78 is 5.05. The van der Waals surface area contributed by atoms with Gasteiger partial charge in [0, 0.05) is 12.5 Å². The Morgan fingerprint density at radius 2 is 1.94 bits per heavy atom. The molecular weight excluding hydrogens is 230 g/mol. The third-order valence-corrected chi connectivity index (χ3v) is 4.62. The molecule has 0 aromatic carbocycles. The molecule has 3 fully saturated rings. The molecule has 0 radical (unpaired) electrons. The molecule has 0 aliphatic heterocycles. The molecule has 100 valence electrons. The van der Waals surface area contributed by atoms with Gasteiger partial charge in [0.1, 0.15) is 0 Å². The van der Waals surface area contributed by atoms with Gasteiger partial charge >= 0.3 is 5.97 Å². The number of hydrogen-bond donors (Lipinski definition) is 1. The van der Waals surface area contributed by atoms with Crippen molar-refractivity contribution in [1.29, 1.82) is 0 Å². The highest BCUT2D eigenvalue weighted by molar-refractivity contribution is 5.81. The number of carbonyl (C=O) groups is 2. The molecule has 3 aliphatic rings. The van der Waals surface area contributed by atoms with E-state index in [1.807, 2.05) is 0 Å². The summed E-state index contributed by atoms with van der Waals surface area (Å²) in [4.78, 5) is 23.1. The lowest BCUT2D eigenvalue weighted by Crippen LogP contribution is -2.30. The molecule has 18 heavy (non-hydrogen) atoms. The van der Waals surface area contributed by atoms with Crippen LogP contribution in [0.4, 0.5) is 0 Å². The second-order valence-corrected chi connectivity index (χ2v) is 6.14. The van der Waals surface area contributed by atoms with E-state index < -0.39 is 0 Å². The zero-order chi connectivity index (χ0) is 12.5. The molecule has 0 unspecified atom stereocenters. The van der Waals surface area contributed by atoms with Gasteiger partial charge in [-0.05, 0) is 49.9 Å². The summed E-state index contributed by atoms with van der Waals surface area (Å²) in [7, 11) is 0. The smallest absolute Gasteiger partial charge is 0.306 e. The van der Waals surface area contributed by atoms with Crippen molar-refractivity contribution < 1.29 is 14.3 Å². The molecule has 0 heterocycles. The zero-order valence-corrected chi connectivity index (χ0v) is 10.7. The Bertz CT molecular complexity index is 351. The SMILES string of the molecule is O=C(COC(=O)C[C@H]1C[C@H]2CC[C@@H]1C2)NC1CC1. The summed E-state index contributed by atoms with van der Waals surface area (Å²) in [6.07, 6.45) is 7.76. The minimum atomic E-state index is -0.196. The topological polar surface area (TPSA) is 55.4 Å². The van der Waals surface area contributed by atoms with Gasteiger partial charge in [0.15, 0.2) is 6.61 Å². The molecule has 0 spiro atoms. The number of ether oxygens (including phenoxy) is 1. The van der Waals surface area contributed by atoms with Crippen LogP contribution in [0, 0.1) is 17.8 Å². The number of carbonyl (C=O) groups excluding carboxylic acids is 2. The molecular formula is C14H21NO3. The lowest BCUT2D eigenvalue weighted by molar-refractivity contribution is -0.149. The van der Waals surface area contributed by atoms with Gasteiger partial charge in [-0.25, -0.2) is 0 Å². The maximum absolute atomic E-state index is 11.7. The van der Waals surface area contributed by atoms with Crippen molar-refractivity contribution in [2.45, 2.75) is 51.0 Å². The van der Waals surface area contributed by atoms with Gasteiger partial charge in [0.25, 0.3) is 5.91 Å². The molecule has 3 aliphatic carbocycles. The normalized spacial score (nSPS) is 33.4. The number of fused-ring (bicyclic) bond motifs is 2. The maximum atomic E-state index is 11.7. The van der Waals surface area contributed by atoms with Gasteiger partial charge < -0.3 is 10.1 Å². The van der Waals surface area contributed by atoms with Crippen LogP contribution in [0.2, 0.25) is 0 Å². The van der Waals surface area contributed by atoms with Gasteiger partial charge in [-0.1, -0.05) is 6.42 Å². The Morgan fingerprint density at radius 3 is 2.56 bits per heavy atom. The highest BCUT2D eigenvalue weighted by atomic mass is 16.5. The van der Waals surface area contributed by atoms with Gasteiger partial charge in [-0.2, -0.15) is 0 Å². The average Bonchev–Trinajstić information content (AvgIpc) is 2.90.